The first kappa shape index (κ1) is 19.3. The van der Waals surface area contributed by atoms with Crippen LogP contribution >= 0.6 is 11.3 Å². The van der Waals surface area contributed by atoms with Crippen molar-refractivity contribution in [2.75, 3.05) is 27.2 Å². The SMILES string of the molecule is Cc1ccsc1C1/C(=C(/O)c2ccncc2)C(=O)C(=O)N1CCCN(C)C. The van der Waals surface area contributed by atoms with Gasteiger partial charge in [-0.1, -0.05) is 0 Å². The molecule has 142 valence electrons. The number of aliphatic hydroxyl groups excluding tert-OH is 1. The number of hydrogen-bond donors (Lipinski definition) is 1. The summed E-state index contributed by atoms with van der Waals surface area (Å²) < 4.78 is 0. The predicted molar refractivity (Wildman–Crippen MR) is 105 cm³/mol. The second-order valence-corrected chi connectivity index (χ2v) is 7.80. The smallest absolute Gasteiger partial charge is 0.295 e. The van der Waals surface area contributed by atoms with Gasteiger partial charge in [-0.15, -0.1) is 11.3 Å². The molecule has 0 aliphatic carbocycles. The maximum atomic E-state index is 12.8. The number of aliphatic hydroxyl groups is 1. The molecular formula is C20H23N3O3S. The van der Waals surface area contributed by atoms with Gasteiger partial charge in [0.1, 0.15) is 5.76 Å². The van der Waals surface area contributed by atoms with Gasteiger partial charge in [0, 0.05) is 29.4 Å². The van der Waals surface area contributed by atoms with Crippen molar-refractivity contribution in [1.29, 1.82) is 0 Å². The third kappa shape index (κ3) is 3.79. The molecule has 6 nitrogen and oxygen atoms in total. The van der Waals surface area contributed by atoms with Crippen molar-refractivity contribution in [3.05, 3.63) is 57.6 Å². The fraction of sp³-hybridized carbons (Fsp3) is 0.350. The summed E-state index contributed by atoms with van der Waals surface area (Å²) in [6.45, 7) is 3.22. The van der Waals surface area contributed by atoms with Gasteiger partial charge >= 0.3 is 0 Å². The molecule has 0 spiro atoms. The molecule has 1 aliphatic heterocycles. The number of rotatable bonds is 6. The highest BCUT2D eigenvalue weighted by Gasteiger charge is 2.46. The van der Waals surface area contributed by atoms with E-state index < -0.39 is 17.7 Å². The number of carbonyl (C=O) groups excluding carboxylic acids is 2. The Bertz CT molecular complexity index is 874. The van der Waals surface area contributed by atoms with Crippen molar-refractivity contribution in [2.45, 2.75) is 19.4 Å². The number of carbonyl (C=O) groups is 2. The summed E-state index contributed by atoms with van der Waals surface area (Å²) in [5, 5.41) is 12.8. The number of hydrogen-bond acceptors (Lipinski definition) is 6. The van der Waals surface area contributed by atoms with E-state index in [2.05, 4.69) is 4.98 Å². The van der Waals surface area contributed by atoms with Crippen LogP contribution in [0.4, 0.5) is 0 Å². The molecular weight excluding hydrogens is 362 g/mol. The van der Waals surface area contributed by atoms with Crippen molar-refractivity contribution < 1.29 is 14.7 Å². The molecule has 0 radical (unpaired) electrons. The molecule has 1 unspecified atom stereocenters. The molecule has 0 bridgehead atoms. The summed E-state index contributed by atoms with van der Waals surface area (Å²) in [6, 6.07) is 4.67. The summed E-state index contributed by atoms with van der Waals surface area (Å²) in [7, 11) is 3.94. The molecule has 0 saturated carbocycles. The monoisotopic (exact) mass is 385 g/mol. The largest absolute Gasteiger partial charge is 0.507 e. The number of pyridine rings is 1. The van der Waals surface area contributed by atoms with Gasteiger partial charge in [0.25, 0.3) is 11.7 Å². The molecule has 2 aromatic rings. The molecule has 1 atom stereocenters. The number of nitrogens with zero attached hydrogens (tertiary/aromatic N) is 3. The molecule has 1 fully saturated rings. The van der Waals surface area contributed by atoms with E-state index in [9.17, 15) is 14.7 Å². The van der Waals surface area contributed by atoms with Crippen LogP contribution in [0, 0.1) is 6.92 Å². The zero-order chi connectivity index (χ0) is 19.6. The second-order valence-electron chi connectivity index (χ2n) is 6.85. The summed E-state index contributed by atoms with van der Waals surface area (Å²) in [5.74, 6) is -1.34. The molecule has 1 N–H and O–H groups in total. The first-order valence-electron chi connectivity index (χ1n) is 8.79. The molecule has 3 heterocycles. The first-order valence-corrected chi connectivity index (χ1v) is 9.67. The standard InChI is InChI=1S/C20H23N3O3S/c1-13-7-12-27-19(13)16-15(17(24)14-5-8-21-9-6-14)18(25)20(26)23(16)11-4-10-22(2)3/h5-9,12,16,24H,4,10-11H2,1-3H3/b17-15-. The number of aryl methyl sites for hydroxylation is 1. The van der Waals surface area contributed by atoms with Crippen LogP contribution in [0.2, 0.25) is 0 Å². The third-order valence-corrected chi connectivity index (χ3v) is 5.72. The van der Waals surface area contributed by atoms with Gasteiger partial charge < -0.3 is 14.9 Å². The van der Waals surface area contributed by atoms with E-state index in [1.807, 2.05) is 37.4 Å². The summed E-state index contributed by atoms with van der Waals surface area (Å²) in [5.41, 5.74) is 1.64. The lowest BCUT2D eigenvalue weighted by atomic mass is 9.99. The number of aromatic nitrogens is 1. The number of amides is 1. The highest BCUT2D eigenvalue weighted by atomic mass is 32.1. The van der Waals surface area contributed by atoms with Gasteiger partial charge in [-0.2, -0.15) is 0 Å². The Morgan fingerprint density at radius 1 is 1.26 bits per heavy atom. The van der Waals surface area contributed by atoms with E-state index in [0.29, 0.717) is 12.1 Å². The predicted octanol–water partition coefficient (Wildman–Crippen LogP) is 2.82. The molecule has 7 heteroatoms. The minimum absolute atomic E-state index is 0.149. The highest BCUT2D eigenvalue weighted by molar-refractivity contribution is 7.10. The summed E-state index contributed by atoms with van der Waals surface area (Å²) in [6.07, 6.45) is 3.84. The first-order chi connectivity index (χ1) is 12.9. The van der Waals surface area contributed by atoms with Crippen molar-refractivity contribution in [3.8, 4) is 0 Å². The van der Waals surface area contributed by atoms with Crippen LogP contribution in [0.3, 0.4) is 0 Å². The van der Waals surface area contributed by atoms with Crippen LogP contribution in [0.1, 0.15) is 28.5 Å². The lowest BCUT2D eigenvalue weighted by Crippen LogP contribution is -2.32. The van der Waals surface area contributed by atoms with E-state index in [-0.39, 0.29) is 11.3 Å². The average molecular weight is 385 g/mol. The minimum atomic E-state index is -0.632. The lowest BCUT2D eigenvalue weighted by Gasteiger charge is -2.25. The average Bonchev–Trinajstić information content (AvgIpc) is 3.17. The van der Waals surface area contributed by atoms with Crippen LogP contribution in [0.15, 0.2) is 41.5 Å². The van der Waals surface area contributed by atoms with E-state index in [4.69, 9.17) is 0 Å². The topological polar surface area (TPSA) is 73.7 Å². The van der Waals surface area contributed by atoms with Crippen molar-refractivity contribution in [3.63, 3.8) is 0 Å². The molecule has 1 saturated heterocycles. The van der Waals surface area contributed by atoms with Gasteiger partial charge in [0.15, 0.2) is 0 Å². The van der Waals surface area contributed by atoms with E-state index >= 15 is 0 Å². The Hall–Kier alpha value is -2.51. The van der Waals surface area contributed by atoms with Gasteiger partial charge in [0.05, 0.1) is 11.6 Å². The number of thiophene rings is 1. The quantitative estimate of drug-likeness (QED) is 0.470. The Kier molecular flexibility index (Phi) is 5.72. The fourth-order valence-corrected chi connectivity index (χ4v) is 4.32. The van der Waals surface area contributed by atoms with Gasteiger partial charge in [-0.05, 0) is 63.1 Å². The maximum absolute atomic E-state index is 12.8. The van der Waals surface area contributed by atoms with E-state index in [0.717, 1.165) is 23.4 Å². The van der Waals surface area contributed by atoms with Gasteiger partial charge in [-0.25, -0.2) is 0 Å². The number of likely N-dealkylation sites (tertiary alicyclic amines) is 1. The molecule has 2 aromatic heterocycles. The normalized spacial score (nSPS) is 19.3. The van der Waals surface area contributed by atoms with E-state index in [1.165, 1.54) is 11.3 Å². The Balaban J connectivity index is 2.07. The highest BCUT2D eigenvalue weighted by Crippen LogP contribution is 2.42. The lowest BCUT2D eigenvalue weighted by molar-refractivity contribution is -0.139. The molecule has 27 heavy (non-hydrogen) atoms. The van der Waals surface area contributed by atoms with Crippen LogP contribution in [-0.4, -0.2) is 58.8 Å². The van der Waals surface area contributed by atoms with Crippen LogP contribution in [-0.2, 0) is 9.59 Å². The van der Waals surface area contributed by atoms with E-state index in [1.54, 1.807) is 29.4 Å². The van der Waals surface area contributed by atoms with Crippen molar-refractivity contribution in [1.82, 2.24) is 14.8 Å². The van der Waals surface area contributed by atoms with Crippen LogP contribution < -0.4 is 0 Å². The number of Topliss-reactive ketones (excluding diaryl/α,β-unsaturated/α-hetero) is 1. The van der Waals surface area contributed by atoms with Gasteiger partial charge in [0.2, 0.25) is 0 Å². The molecule has 1 aliphatic rings. The second kappa shape index (κ2) is 8.02. The maximum Gasteiger partial charge on any atom is 0.295 e. The zero-order valence-corrected chi connectivity index (χ0v) is 16.5. The number of ketones is 1. The third-order valence-electron chi connectivity index (χ3n) is 4.65. The minimum Gasteiger partial charge on any atom is -0.507 e. The van der Waals surface area contributed by atoms with Gasteiger partial charge in [-0.3, -0.25) is 14.6 Å². The Morgan fingerprint density at radius 2 is 1.96 bits per heavy atom. The fourth-order valence-electron chi connectivity index (χ4n) is 3.27. The van der Waals surface area contributed by atoms with Crippen molar-refractivity contribution in [2.24, 2.45) is 0 Å². The summed E-state index contributed by atoms with van der Waals surface area (Å²) >= 11 is 1.50. The molecule has 0 aromatic carbocycles. The van der Waals surface area contributed by atoms with Crippen LogP contribution in [0.25, 0.3) is 5.76 Å². The molecule has 3 rings (SSSR count). The zero-order valence-electron chi connectivity index (χ0n) is 15.7. The Morgan fingerprint density at radius 3 is 2.56 bits per heavy atom. The molecule has 1 amide bonds. The summed E-state index contributed by atoms with van der Waals surface area (Å²) in [4.78, 5) is 34.1. The Labute approximate surface area is 162 Å². The van der Waals surface area contributed by atoms with Crippen molar-refractivity contribution >= 4 is 28.8 Å². The van der Waals surface area contributed by atoms with Crippen LogP contribution in [0.5, 0.6) is 0 Å².